The second-order valence-corrected chi connectivity index (χ2v) is 4.50. The monoisotopic (exact) mass is 288 g/mol. The molecule has 0 saturated heterocycles. The maximum Gasteiger partial charge on any atom is 0.251 e. The summed E-state index contributed by atoms with van der Waals surface area (Å²) < 4.78 is 4.91. The van der Waals surface area contributed by atoms with E-state index in [1.807, 2.05) is 0 Å². The minimum absolute atomic E-state index is 0.0587. The second kappa shape index (κ2) is 6.44. The summed E-state index contributed by atoms with van der Waals surface area (Å²) in [4.78, 5) is 25.1. The molecule has 1 atom stereocenters. The van der Waals surface area contributed by atoms with Gasteiger partial charge in [0.15, 0.2) is 0 Å². The van der Waals surface area contributed by atoms with Gasteiger partial charge in [0.25, 0.3) is 5.91 Å². The fraction of sp³-hybridized carbons (Fsp3) is 0.400. The number of carbonyl (C=O) groups excluding carboxylic acids is 1. The maximum atomic E-state index is 11.6. The minimum Gasteiger partial charge on any atom is -0.383 e. The van der Waals surface area contributed by atoms with Crippen LogP contribution in [0.5, 0.6) is 0 Å². The molecule has 1 rings (SSSR count). The zero-order valence-electron chi connectivity index (χ0n) is 8.83. The molecule has 88 valence electrons. The molecular formula is C10H13BrN2O3. The molecular weight excluding hydrogens is 276 g/mol. The second-order valence-electron chi connectivity index (χ2n) is 3.20. The number of hydrogen-bond acceptors (Lipinski definition) is 3. The van der Waals surface area contributed by atoms with E-state index in [0.29, 0.717) is 18.7 Å². The number of nitrogens with one attached hydrogen (secondary N) is 2. The fourth-order valence-electron chi connectivity index (χ4n) is 1.13. The van der Waals surface area contributed by atoms with Crippen LogP contribution in [0.3, 0.4) is 0 Å². The van der Waals surface area contributed by atoms with Gasteiger partial charge in [-0.05, 0) is 6.07 Å². The Morgan fingerprint density at radius 3 is 3.06 bits per heavy atom. The lowest BCUT2D eigenvalue weighted by molar-refractivity contribution is 0.0950. The first-order valence-corrected chi connectivity index (χ1v) is 5.65. The number of halogens is 1. The van der Waals surface area contributed by atoms with Crippen molar-refractivity contribution in [2.24, 2.45) is 0 Å². The average Bonchev–Trinajstić information content (AvgIpc) is 2.26. The molecule has 6 heteroatoms. The summed E-state index contributed by atoms with van der Waals surface area (Å²) in [6.07, 6.45) is 1.44. The van der Waals surface area contributed by atoms with Gasteiger partial charge in [-0.15, -0.1) is 0 Å². The van der Waals surface area contributed by atoms with Crippen LogP contribution < -0.4 is 10.9 Å². The van der Waals surface area contributed by atoms with Gasteiger partial charge in [-0.1, -0.05) is 15.9 Å². The van der Waals surface area contributed by atoms with E-state index in [-0.39, 0.29) is 16.3 Å². The largest absolute Gasteiger partial charge is 0.383 e. The Morgan fingerprint density at radius 2 is 2.44 bits per heavy atom. The Kier molecular flexibility index (Phi) is 5.21. The van der Waals surface area contributed by atoms with E-state index in [9.17, 15) is 9.59 Å². The Balaban J connectivity index is 2.50. The molecule has 16 heavy (non-hydrogen) atoms. The average molecular weight is 289 g/mol. The topological polar surface area (TPSA) is 71.2 Å². The molecule has 1 unspecified atom stereocenters. The predicted octanol–water partition coefficient (Wildman–Crippen LogP) is 0.515. The Hall–Kier alpha value is -1.14. The first-order valence-electron chi connectivity index (χ1n) is 4.73. The molecule has 0 aliphatic heterocycles. The van der Waals surface area contributed by atoms with E-state index in [1.165, 1.54) is 12.3 Å². The van der Waals surface area contributed by atoms with Crippen molar-refractivity contribution in [1.82, 2.24) is 10.3 Å². The molecule has 0 aliphatic rings. The number of carbonyl (C=O) groups is 1. The lowest BCUT2D eigenvalue weighted by Gasteiger charge is -2.09. The van der Waals surface area contributed by atoms with Gasteiger partial charge in [0, 0.05) is 31.5 Å². The van der Waals surface area contributed by atoms with Gasteiger partial charge in [-0.2, -0.15) is 0 Å². The van der Waals surface area contributed by atoms with Crippen molar-refractivity contribution < 1.29 is 9.53 Å². The zero-order valence-corrected chi connectivity index (χ0v) is 10.4. The van der Waals surface area contributed by atoms with Crippen LogP contribution in [-0.2, 0) is 4.74 Å². The molecule has 1 heterocycles. The molecule has 0 spiro atoms. The van der Waals surface area contributed by atoms with Crippen LogP contribution in [0.15, 0.2) is 23.1 Å². The SMILES string of the molecule is COCC(Br)CNC(=O)c1cc[nH]c(=O)c1. The van der Waals surface area contributed by atoms with Gasteiger partial charge in [0.1, 0.15) is 0 Å². The third-order valence-electron chi connectivity index (χ3n) is 1.87. The summed E-state index contributed by atoms with van der Waals surface area (Å²) in [7, 11) is 1.59. The number of ether oxygens (including phenoxy) is 1. The highest BCUT2D eigenvalue weighted by atomic mass is 79.9. The van der Waals surface area contributed by atoms with E-state index < -0.39 is 0 Å². The van der Waals surface area contributed by atoms with E-state index in [4.69, 9.17) is 4.74 Å². The van der Waals surface area contributed by atoms with Gasteiger partial charge in [0.2, 0.25) is 5.56 Å². The number of rotatable bonds is 5. The maximum absolute atomic E-state index is 11.6. The van der Waals surface area contributed by atoms with Crippen molar-refractivity contribution in [3.8, 4) is 0 Å². The Morgan fingerprint density at radius 1 is 1.69 bits per heavy atom. The highest BCUT2D eigenvalue weighted by Crippen LogP contribution is 1.99. The number of alkyl halides is 1. The van der Waals surface area contributed by atoms with Crippen molar-refractivity contribution in [2.75, 3.05) is 20.3 Å². The first kappa shape index (κ1) is 12.9. The third-order valence-corrected chi connectivity index (χ3v) is 2.46. The lowest BCUT2D eigenvalue weighted by Crippen LogP contribution is -2.31. The number of H-pyrrole nitrogens is 1. The van der Waals surface area contributed by atoms with Gasteiger partial charge >= 0.3 is 0 Å². The third kappa shape index (κ3) is 4.16. The van der Waals surface area contributed by atoms with Gasteiger partial charge in [-0.25, -0.2) is 0 Å². The molecule has 0 radical (unpaired) electrons. The predicted molar refractivity (Wildman–Crippen MR) is 64.0 cm³/mol. The summed E-state index contributed by atoms with van der Waals surface area (Å²) in [6, 6.07) is 2.81. The summed E-state index contributed by atoms with van der Waals surface area (Å²) in [5, 5.41) is 2.69. The van der Waals surface area contributed by atoms with Crippen LogP contribution in [0.1, 0.15) is 10.4 Å². The number of aromatic amines is 1. The molecule has 0 aliphatic carbocycles. The van der Waals surface area contributed by atoms with Crippen molar-refractivity contribution in [1.29, 1.82) is 0 Å². The van der Waals surface area contributed by atoms with E-state index in [1.54, 1.807) is 13.2 Å². The van der Waals surface area contributed by atoms with Crippen molar-refractivity contribution in [2.45, 2.75) is 4.83 Å². The molecule has 0 aromatic carbocycles. The van der Waals surface area contributed by atoms with E-state index in [2.05, 4.69) is 26.2 Å². The molecule has 1 aromatic heterocycles. The van der Waals surface area contributed by atoms with Crippen LogP contribution in [-0.4, -0.2) is 36.0 Å². The van der Waals surface area contributed by atoms with Crippen LogP contribution in [0, 0.1) is 0 Å². The summed E-state index contributed by atoms with van der Waals surface area (Å²) in [5.41, 5.74) is 0.0563. The molecule has 0 fully saturated rings. The van der Waals surface area contributed by atoms with Gasteiger partial charge in [0.05, 0.1) is 11.4 Å². The van der Waals surface area contributed by atoms with Gasteiger partial charge in [-0.3, -0.25) is 9.59 Å². The Labute approximate surface area is 101 Å². The lowest BCUT2D eigenvalue weighted by atomic mass is 10.2. The summed E-state index contributed by atoms with van der Waals surface area (Å²) in [6.45, 7) is 0.953. The van der Waals surface area contributed by atoms with E-state index >= 15 is 0 Å². The van der Waals surface area contributed by atoms with Gasteiger partial charge < -0.3 is 15.0 Å². The molecule has 5 nitrogen and oxygen atoms in total. The number of methoxy groups -OCH3 is 1. The number of pyridine rings is 1. The molecule has 1 aromatic rings. The van der Waals surface area contributed by atoms with Crippen LogP contribution >= 0.6 is 15.9 Å². The summed E-state index contributed by atoms with van der Waals surface area (Å²) >= 11 is 3.35. The highest BCUT2D eigenvalue weighted by Gasteiger charge is 2.08. The minimum atomic E-state index is -0.292. The van der Waals surface area contributed by atoms with Crippen molar-refractivity contribution in [3.05, 3.63) is 34.2 Å². The Bertz CT molecular complexity index is 405. The quantitative estimate of drug-likeness (QED) is 0.776. The van der Waals surface area contributed by atoms with E-state index in [0.717, 1.165) is 0 Å². The molecule has 0 bridgehead atoms. The van der Waals surface area contributed by atoms with Crippen LogP contribution in [0.25, 0.3) is 0 Å². The zero-order chi connectivity index (χ0) is 12.0. The number of hydrogen-bond donors (Lipinski definition) is 2. The molecule has 1 amide bonds. The smallest absolute Gasteiger partial charge is 0.251 e. The fourth-order valence-corrected chi connectivity index (χ4v) is 1.56. The molecule has 0 saturated carbocycles. The molecule has 2 N–H and O–H groups in total. The van der Waals surface area contributed by atoms with Crippen LogP contribution in [0.2, 0.25) is 0 Å². The normalized spacial score (nSPS) is 12.1. The van der Waals surface area contributed by atoms with Crippen molar-refractivity contribution in [3.63, 3.8) is 0 Å². The van der Waals surface area contributed by atoms with Crippen LogP contribution in [0.4, 0.5) is 0 Å². The number of aromatic nitrogens is 1. The standard InChI is InChI=1S/C10H13BrN2O3/c1-16-6-8(11)5-13-10(15)7-2-3-12-9(14)4-7/h2-4,8H,5-6H2,1H3,(H,12,14)(H,13,15). The first-order chi connectivity index (χ1) is 7.63. The number of amides is 1. The highest BCUT2D eigenvalue weighted by molar-refractivity contribution is 9.09. The van der Waals surface area contributed by atoms with Crippen molar-refractivity contribution >= 4 is 21.8 Å². The summed E-state index contributed by atoms with van der Waals surface area (Å²) in [5.74, 6) is -0.272.